The lowest BCUT2D eigenvalue weighted by molar-refractivity contribution is -0.243. The molecule has 0 aromatic heterocycles. The summed E-state index contributed by atoms with van der Waals surface area (Å²) >= 11 is 0. The molecular formula is C23H35NO7. The number of allylic oxidation sites excluding steroid dienone is 5. The van der Waals surface area contributed by atoms with Crippen molar-refractivity contribution < 1.29 is 34.7 Å². The normalized spacial score (nSPS) is 35.4. The molecular weight excluding hydrogens is 402 g/mol. The Morgan fingerprint density at radius 3 is 2.58 bits per heavy atom. The van der Waals surface area contributed by atoms with Gasteiger partial charge in [0.2, 0.25) is 6.29 Å². The Balaban J connectivity index is 1.67. The van der Waals surface area contributed by atoms with Crippen LogP contribution >= 0.6 is 0 Å². The lowest BCUT2D eigenvalue weighted by atomic mass is 9.99. The smallest absolute Gasteiger partial charge is 0.226 e. The molecule has 174 valence electrons. The summed E-state index contributed by atoms with van der Waals surface area (Å²) < 4.78 is 11.7. The molecule has 2 aliphatic heterocycles. The summed E-state index contributed by atoms with van der Waals surface area (Å²) in [5, 5.41) is 40.2. The Kier molecular flexibility index (Phi) is 8.30. The Morgan fingerprint density at radius 1 is 1.16 bits per heavy atom. The van der Waals surface area contributed by atoms with Crippen molar-refractivity contribution in [1.29, 1.82) is 0 Å². The summed E-state index contributed by atoms with van der Waals surface area (Å²) in [4.78, 5) is 14.0. The predicted octanol–water partition coefficient (Wildman–Crippen LogP) is 1.14. The van der Waals surface area contributed by atoms with Crippen molar-refractivity contribution in [2.45, 2.75) is 89.1 Å². The summed E-state index contributed by atoms with van der Waals surface area (Å²) in [6, 6.07) is 0.129. The predicted molar refractivity (Wildman–Crippen MR) is 114 cm³/mol. The first-order valence-corrected chi connectivity index (χ1v) is 11.1. The minimum Gasteiger partial charge on any atom is -0.466 e. The van der Waals surface area contributed by atoms with E-state index in [0.29, 0.717) is 25.1 Å². The molecule has 0 amide bonds. The number of rotatable bonds is 5. The number of hydrogen-bond acceptors (Lipinski definition) is 8. The van der Waals surface area contributed by atoms with Gasteiger partial charge in [-0.25, -0.2) is 0 Å². The lowest BCUT2D eigenvalue weighted by Crippen LogP contribution is -2.49. The van der Waals surface area contributed by atoms with Crippen LogP contribution in [-0.2, 0) is 14.3 Å². The lowest BCUT2D eigenvalue weighted by Gasteiger charge is -2.36. The minimum absolute atomic E-state index is 0.129. The summed E-state index contributed by atoms with van der Waals surface area (Å²) in [6.07, 6.45) is 3.55. The summed E-state index contributed by atoms with van der Waals surface area (Å²) in [7, 11) is 0. The fourth-order valence-corrected chi connectivity index (χ4v) is 4.38. The van der Waals surface area contributed by atoms with Crippen molar-refractivity contribution in [2.24, 2.45) is 0 Å². The fourth-order valence-electron chi connectivity index (χ4n) is 4.38. The van der Waals surface area contributed by atoms with Crippen LogP contribution in [0.2, 0.25) is 0 Å². The topological polar surface area (TPSA) is 120 Å². The highest BCUT2D eigenvalue weighted by molar-refractivity contribution is 5.91. The highest BCUT2D eigenvalue weighted by Gasteiger charge is 2.36. The molecule has 1 saturated heterocycles. The van der Waals surface area contributed by atoms with Crippen molar-refractivity contribution in [3.8, 4) is 0 Å². The molecule has 31 heavy (non-hydrogen) atoms. The molecule has 4 unspecified atom stereocenters. The van der Waals surface area contributed by atoms with Crippen LogP contribution in [-0.4, -0.2) is 81.0 Å². The standard InChI is InChI=1S/C23H35NO7/c1-14-9-17(26)10-15(2)24(14)12-16-5-3-4-6-18(11-16)30-23-20(28)8-7-19(27)22(29)21(13-25)31-23/h5-6,9,15,19-23,25,27-29H,3-4,7-8,10-13H2,1-2H3/t15?,19?,20-,21?,22+,23?/m1/s1. The van der Waals surface area contributed by atoms with Crippen LogP contribution in [0.1, 0.15) is 52.4 Å². The zero-order chi connectivity index (χ0) is 22.5. The molecule has 8 heteroatoms. The van der Waals surface area contributed by atoms with E-state index in [1.165, 1.54) is 0 Å². The van der Waals surface area contributed by atoms with Crippen LogP contribution in [0, 0.1) is 0 Å². The zero-order valence-corrected chi connectivity index (χ0v) is 18.3. The van der Waals surface area contributed by atoms with Crippen LogP contribution < -0.4 is 0 Å². The van der Waals surface area contributed by atoms with Crippen LogP contribution in [0.25, 0.3) is 0 Å². The summed E-state index contributed by atoms with van der Waals surface area (Å²) in [5.41, 5.74) is 2.12. The van der Waals surface area contributed by atoms with Gasteiger partial charge in [0.25, 0.3) is 0 Å². The van der Waals surface area contributed by atoms with Gasteiger partial charge in [-0.3, -0.25) is 4.79 Å². The number of carbonyl (C=O) groups is 1. The van der Waals surface area contributed by atoms with Crippen molar-refractivity contribution in [3.05, 3.63) is 35.3 Å². The van der Waals surface area contributed by atoms with Crippen LogP contribution in [0.15, 0.2) is 35.3 Å². The van der Waals surface area contributed by atoms with Gasteiger partial charge in [0.15, 0.2) is 5.78 Å². The average Bonchev–Trinajstić information content (AvgIpc) is 2.95. The number of carbonyl (C=O) groups excluding carboxylic acids is 1. The van der Waals surface area contributed by atoms with E-state index in [1.54, 1.807) is 6.08 Å². The fraction of sp³-hybridized carbons (Fsp3) is 0.696. The van der Waals surface area contributed by atoms with E-state index in [-0.39, 0.29) is 24.7 Å². The Labute approximate surface area is 183 Å². The maximum absolute atomic E-state index is 11.8. The average molecular weight is 438 g/mol. The molecule has 0 aromatic carbocycles. The number of nitrogens with zero attached hydrogens (tertiary/aromatic N) is 1. The SMILES string of the molecule is CC1=CC(=O)CC(C)N1CC1=CCCC=C(OC2OC(CO)[C@@H](O)C(O)CC[C@H]2O)C1. The molecule has 3 aliphatic rings. The second-order valence-electron chi connectivity index (χ2n) is 8.77. The summed E-state index contributed by atoms with van der Waals surface area (Å²) in [6.45, 7) is 4.19. The van der Waals surface area contributed by atoms with E-state index in [1.807, 2.05) is 19.9 Å². The van der Waals surface area contributed by atoms with Gasteiger partial charge in [-0.1, -0.05) is 6.08 Å². The monoisotopic (exact) mass is 437 g/mol. The van der Waals surface area contributed by atoms with Gasteiger partial charge in [0.05, 0.1) is 18.5 Å². The van der Waals surface area contributed by atoms with Crippen LogP contribution in [0.4, 0.5) is 0 Å². The molecule has 2 heterocycles. The molecule has 0 aromatic rings. The highest BCUT2D eigenvalue weighted by Crippen LogP contribution is 2.28. The number of hydrogen-bond donors (Lipinski definition) is 4. The van der Waals surface area contributed by atoms with Crippen molar-refractivity contribution in [2.75, 3.05) is 13.2 Å². The molecule has 0 saturated carbocycles. The molecule has 0 radical (unpaired) electrons. The highest BCUT2D eigenvalue weighted by atomic mass is 16.7. The third-order valence-corrected chi connectivity index (χ3v) is 6.20. The zero-order valence-electron chi connectivity index (χ0n) is 18.3. The Hall–Kier alpha value is -1.71. The molecule has 0 bridgehead atoms. The van der Waals surface area contributed by atoms with Gasteiger partial charge < -0.3 is 34.8 Å². The molecule has 0 spiro atoms. The van der Waals surface area contributed by atoms with Crippen LogP contribution in [0.5, 0.6) is 0 Å². The third kappa shape index (κ3) is 6.17. The maximum atomic E-state index is 11.8. The Morgan fingerprint density at radius 2 is 1.87 bits per heavy atom. The van der Waals surface area contributed by atoms with E-state index >= 15 is 0 Å². The number of ether oxygens (including phenoxy) is 2. The summed E-state index contributed by atoms with van der Waals surface area (Å²) in [5.74, 6) is 0.823. The molecule has 8 nitrogen and oxygen atoms in total. The largest absolute Gasteiger partial charge is 0.466 e. The number of ketones is 1. The van der Waals surface area contributed by atoms with E-state index in [4.69, 9.17) is 9.47 Å². The Bertz CT molecular complexity index is 731. The third-order valence-electron chi connectivity index (χ3n) is 6.20. The second-order valence-corrected chi connectivity index (χ2v) is 8.77. The van der Waals surface area contributed by atoms with Gasteiger partial charge in [0.1, 0.15) is 18.3 Å². The molecule has 1 aliphatic carbocycles. The molecule has 1 fully saturated rings. The molecule has 3 rings (SSSR count). The first kappa shape index (κ1) is 23.9. The second kappa shape index (κ2) is 10.7. The van der Waals surface area contributed by atoms with Crippen molar-refractivity contribution >= 4 is 5.78 Å². The first-order chi connectivity index (χ1) is 14.8. The van der Waals surface area contributed by atoms with E-state index < -0.39 is 37.3 Å². The quantitative estimate of drug-likeness (QED) is 0.473. The minimum atomic E-state index is -1.25. The maximum Gasteiger partial charge on any atom is 0.226 e. The van der Waals surface area contributed by atoms with Gasteiger partial charge in [0, 0.05) is 37.2 Å². The van der Waals surface area contributed by atoms with E-state index in [2.05, 4.69) is 11.0 Å². The van der Waals surface area contributed by atoms with Gasteiger partial charge in [-0.05, 0) is 51.2 Å². The van der Waals surface area contributed by atoms with Gasteiger partial charge in [-0.2, -0.15) is 0 Å². The van der Waals surface area contributed by atoms with Gasteiger partial charge >= 0.3 is 0 Å². The van der Waals surface area contributed by atoms with E-state index in [0.717, 1.165) is 24.1 Å². The van der Waals surface area contributed by atoms with Crippen LogP contribution in [0.3, 0.4) is 0 Å². The molecule has 6 atom stereocenters. The first-order valence-electron chi connectivity index (χ1n) is 11.1. The molecule has 4 N–H and O–H groups in total. The van der Waals surface area contributed by atoms with Gasteiger partial charge in [-0.15, -0.1) is 0 Å². The number of aliphatic hydroxyl groups excluding tert-OH is 4. The van der Waals surface area contributed by atoms with Crippen molar-refractivity contribution in [3.63, 3.8) is 0 Å². The van der Waals surface area contributed by atoms with E-state index in [9.17, 15) is 25.2 Å². The van der Waals surface area contributed by atoms with Crippen molar-refractivity contribution in [1.82, 2.24) is 4.90 Å². The number of aliphatic hydroxyl groups is 4.